The van der Waals surface area contributed by atoms with E-state index in [2.05, 4.69) is 15.0 Å². The number of carbonyl (C=O) groups is 1. The highest BCUT2D eigenvalue weighted by Crippen LogP contribution is 2.23. The summed E-state index contributed by atoms with van der Waals surface area (Å²) in [6, 6.07) is 13.2. The largest absolute Gasteiger partial charge is 0.322 e. The van der Waals surface area contributed by atoms with Gasteiger partial charge in [0.1, 0.15) is 0 Å². The van der Waals surface area contributed by atoms with E-state index in [0.717, 1.165) is 16.3 Å². The molecule has 140 valence electrons. The highest BCUT2D eigenvalue weighted by molar-refractivity contribution is 7.89. The van der Waals surface area contributed by atoms with Gasteiger partial charge < -0.3 is 5.32 Å². The van der Waals surface area contributed by atoms with Crippen LogP contribution in [0, 0.1) is 6.92 Å². The molecule has 0 radical (unpaired) electrons. The number of aryl methyl sites for hydroxylation is 1. The van der Waals surface area contributed by atoms with Gasteiger partial charge in [0.05, 0.1) is 15.6 Å². The molecule has 3 aromatic rings. The Kier molecular flexibility index (Phi) is 5.69. The molecule has 2 aromatic carbocycles. The van der Waals surface area contributed by atoms with Crippen LogP contribution in [0.25, 0.3) is 11.3 Å². The summed E-state index contributed by atoms with van der Waals surface area (Å²) >= 11 is 1.59. The summed E-state index contributed by atoms with van der Waals surface area (Å²) in [5, 5.41) is 5.80. The fourth-order valence-corrected chi connectivity index (χ4v) is 4.15. The first kappa shape index (κ1) is 19.2. The second kappa shape index (κ2) is 7.99. The lowest BCUT2D eigenvalue weighted by atomic mass is 10.1. The van der Waals surface area contributed by atoms with E-state index in [1.807, 2.05) is 36.6 Å². The number of hydrogen-bond donors (Lipinski definition) is 2. The van der Waals surface area contributed by atoms with Gasteiger partial charge in [0, 0.05) is 28.7 Å². The van der Waals surface area contributed by atoms with E-state index in [1.54, 1.807) is 18.3 Å². The van der Waals surface area contributed by atoms with Gasteiger partial charge in [-0.05, 0) is 43.3 Å². The number of nitrogens with one attached hydrogen (secondary N) is 2. The average molecular weight is 402 g/mol. The van der Waals surface area contributed by atoms with Crippen LogP contribution in [0.3, 0.4) is 0 Å². The number of nitrogens with zero attached hydrogens (tertiary/aromatic N) is 1. The molecule has 3 rings (SSSR count). The third-order valence-corrected chi connectivity index (χ3v) is 6.15. The topological polar surface area (TPSA) is 88.2 Å². The Balaban J connectivity index is 1.70. The minimum atomic E-state index is -3.53. The van der Waals surface area contributed by atoms with Gasteiger partial charge in [0.2, 0.25) is 10.0 Å². The molecule has 0 atom stereocenters. The van der Waals surface area contributed by atoms with E-state index in [4.69, 9.17) is 0 Å². The molecule has 0 unspecified atom stereocenters. The number of carbonyl (C=O) groups excluding carboxylic acids is 1. The van der Waals surface area contributed by atoms with Crippen molar-refractivity contribution in [2.24, 2.45) is 0 Å². The molecule has 0 saturated heterocycles. The molecule has 0 aliphatic rings. The average Bonchev–Trinajstić information content (AvgIpc) is 3.09. The number of benzene rings is 2. The number of amides is 1. The Morgan fingerprint density at radius 2 is 1.74 bits per heavy atom. The number of anilines is 1. The highest BCUT2D eigenvalue weighted by atomic mass is 32.2. The monoisotopic (exact) mass is 401 g/mol. The molecule has 27 heavy (non-hydrogen) atoms. The first-order valence-electron chi connectivity index (χ1n) is 8.32. The van der Waals surface area contributed by atoms with Crippen molar-refractivity contribution in [3.8, 4) is 11.3 Å². The molecular weight excluding hydrogens is 382 g/mol. The Bertz CT molecular complexity index is 1040. The van der Waals surface area contributed by atoms with Crippen molar-refractivity contribution in [2.45, 2.75) is 18.7 Å². The molecule has 2 N–H and O–H groups in total. The SMILES string of the molecule is CCNS(=O)(=O)c1ccc(C(=O)Nc2ccc(-c3csc(C)n3)cc2)cc1. The van der Waals surface area contributed by atoms with Crippen LogP contribution in [-0.4, -0.2) is 25.9 Å². The lowest BCUT2D eigenvalue weighted by molar-refractivity contribution is 0.102. The maximum absolute atomic E-state index is 12.4. The van der Waals surface area contributed by atoms with Crippen molar-refractivity contribution >= 4 is 33.0 Å². The van der Waals surface area contributed by atoms with E-state index in [0.29, 0.717) is 17.8 Å². The second-order valence-electron chi connectivity index (χ2n) is 5.81. The van der Waals surface area contributed by atoms with E-state index < -0.39 is 10.0 Å². The zero-order valence-electron chi connectivity index (χ0n) is 14.9. The summed E-state index contributed by atoms with van der Waals surface area (Å²) in [4.78, 5) is 16.9. The lowest BCUT2D eigenvalue weighted by Gasteiger charge is -2.08. The Labute approximate surface area is 162 Å². The lowest BCUT2D eigenvalue weighted by Crippen LogP contribution is -2.23. The number of sulfonamides is 1. The minimum Gasteiger partial charge on any atom is -0.322 e. The Morgan fingerprint density at radius 3 is 2.30 bits per heavy atom. The number of hydrogen-bond acceptors (Lipinski definition) is 5. The zero-order valence-corrected chi connectivity index (χ0v) is 16.5. The molecule has 1 amide bonds. The van der Waals surface area contributed by atoms with E-state index in [-0.39, 0.29) is 10.8 Å². The third-order valence-electron chi connectivity index (χ3n) is 3.82. The van der Waals surface area contributed by atoms with Gasteiger partial charge in [-0.1, -0.05) is 19.1 Å². The summed E-state index contributed by atoms with van der Waals surface area (Å²) < 4.78 is 26.3. The molecule has 0 bridgehead atoms. The molecule has 6 nitrogen and oxygen atoms in total. The second-order valence-corrected chi connectivity index (χ2v) is 8.64. The summed E-state index contributed by atoms with van der Waals surface area (Å²) in [5.41, 5.74) is 2.92. The predicted molar refractivity (Wildman–Crippen MR) is 108 cm³/mol. The standard InChI is InChI=1S/C19H19N3O3S2/c1-3-20-27(24,25)17-10-6-15(7-11-17)19(23)22-16-8-4-14(5-9-16)18-12-26-13(2)21-18/h4-12,20H,3H2,1-2H3,(H,22,23). The van der Waals surface area contributed by atoms with Crippen molar-refractivity contribution in [2.75, 3.05) is 11.9 Å². The maximum atomic E-state index is 12.4. The normalized spacial score (nSPS) is 11.3. The van der Waals surface area contributed by atoms with Gasteiger partial charge in [0.15, 0.2) is 0 Å². The van der Waals surface area contributed by atoms with Crippen molar-refractivity contribution in [3.63, 3.8) is 0 Å². The summed E-state index contributed by atoms with van der Waals surface area (Å²) in [6.07, 6.45) is 0. The van der Waals surface area contributed by atoms with Gasteiger partial charge in [-0.2, -0.15) is 0 Å². The zero-order chi connectivity index (χ0) is 19.4. The highest BCUT2D eigenvalue weighted by Gasteiger charge is 2.14. The first-order chi connectivity index (χ1) is 12.9. The van der Waals surface area contributed by atoms with Crippen molar-refractivity contribution < 1.29 is 13.2 Å². The number of thiazole rings is 1. The van der Waals surface area contributed by atoms with Crippen LogP contribution < -0.4 is 10.0 Å². The molecule has 0 spiro atoms. The van der Waals surface area contributed by atoms with E-state index >= 15 is 0 Å². The molecule has 8 heteroatoms. The molecule has 0 fully saturated rings. The van der Waals surface area contributed by atoms with Gasteiger partial charge >= 0.3 is 0 Å². The molecular formula is C19H19N3O3S2. The van der Waals surface area contributed by atoms with Crippen LogP contribution >= 0.6 is 11.3 Å². The van der Waals surface area contributed by atoms with Crippen LogP contribution in [0.4, 0.5) is 5.69 Å². The van der Waals surface area contributed by atoms with Crippen LogP contribution in [0.15, 0.2) is 58.8 Å². The predicted octanol–water partition coefficient (Wildman–Crippen LogP) is 3.67. The fourth-order valence-electron chi connectivity index (χ4n) is 2.48. The molecule has 0 aliphatic carbocycles. The minimum absolute atomic E-state index is 0.129. The van der Waals surface area contributed by atoms with E-state index in [9.17, 15) is 13.2 Å². The Morgan fingerprint density at radius 1 is 1.07 bits per heavy atom. The van der Waals surface area contributed by atoms with Crippen molar-refractivity contribution in [1.82, 2.24) is 9.71 Å². The van der Waals surface area contributed by atoms with E-state index in [1.165, 1.54) is 24.3 Å². The molecule has 0 saturated carbocycles. The molecule has 1 heterocycles. The maximum Gasteiger partial charge on any atom is 0.255 e. The van der Waals surface area contributed by atoms with Crippen LogP contribution in [0.2, 0.25) is 0 Å². The summed E-state index contributed by atoms with van der Waals surface area (Å²) in [7, 11) is -3.53. The Hall–Kier alpha value is -2.55. The van der Waals surface area contributed by atoms with Gasteiger partial charge in [-0.15, -0.1) is 11.3 Å². The summed E-state index contributed by atoms with van der Waals surface area (Å²) in [6.45, 7) is 3.97. The third kappa shape index (κ3) is 4.60. The van der Waals surface area contributed by atoms with Crippen molar-refractivity contribution in [1.29, 1.82) is 0 Å². The van der Waals surface area contributed by atoms with Crippen LogP contribution in [0.1, 0.15) is 22.3 Å². The van der Waals surface area contributed by atoms with Gasteiger partial charge in [-0.3, -0.25) is 4.79 Å². The fraction of sp³-hybridized carbons (Fsp3) is 0.158. The van der Waals surface area contributed by atoms with Crippen LogP contribution in [-0.2, 0) is 10.0 Å². The van der Waals surface area contributed by atoms with Crippen molar-refractivity contribution in [3.05, 3.63) is 64.5 Å². The van der Waals surface area contributed by atoms with Gasteiger partial charge in [-0.25, -0.2) is 18.1 Å². The summed E-state index contributed by atoms with van der Waals surface area (Å²) in [5.74, 6) is -0.306. The quantitative estimate of drug-likeness (QED) is 0.660. The first-order valence-corrected chi connectivity index (χ1v) is 10.7. The van der Waals surface area contributed by atoms with Crippen LogP contribution in [0.5, 0.6) is 0 Å². The van der Waals surface area contributed by atoms with Gasteiger partial charge in [0.25, 0.3) is 5.91 Å². The number of rotatable bonds is 6. The molecule has 0 aliphatic heterocycles. The number of aromatic nitrogens is 1. The molecule has 1 aromatic heterocycles. The smallest absolute Gasteiger partial charge is 0.255 e.